The van der Waals surface area contributed by atoms with Crippen LogP contribution in [0.15, 0.2) is 24.3 Å². The molecule has 10 heavy (non-hydrogen) atoms. The summed E-state index contributed by atoms with van der Waals surface area (Å²) in [7, 11) is 0. The largest absolute Gasteiger partial charge is 0.0591 e. The highest BCUT2D eigenvalue weighted by Gasteiger charge is 1.88. The fraction of sp³-hybridized carbons (Fsp3) is 0.300. The van der Waals surface area contributed by atoms with Crippen molar-refractivity contribution in [3.63, 3.8) is 0 Å². The molecule has 2 radical (unpaired) electrons. The highest BCUT2D eigenvalue weighted by Crippen LogP contribution is 2.04. The normalized spacial score (nSPS) is 9.80. The van der Waals surface area contributed by atoms with Gasteiger partial charge in [0.1, 0.15) is 0 Å². The first-order valence-electron chi connectivity index (χ1n) is 3.53. The van der Waals surface area contributed by atoms with Crippen molar-refractivity contribution in [3.05, 3.63) is 41.8 Å². The van der Waals surface area contributed by atoms with Crippen LogP contribution in [0, 0.1) is 13.3 Å². The summed E-state index contributed by atoms with van der Waals surface area (Å²) >= 11 is 0. The van der Waals surface area contributed by atoms with Crippen LogP contribution in [0.5, 0.6) is 0 Å². The van der Waals surface area contributed by atoms with Crippen molar-refractivity contribution in [1.29, 1.82) is 0 Å². The Kier molecular flexibility index (Phi) is 2.49. The Morgan fingerprint density at radius 2 is 1.80 bits per heavy atom. The summed E-state index contributed by atoms with van der Waals surface area (Å²) in [6.07, 6.45) is 4.06. The zero-order valence-corrected chi connectivity index (χ0v) is 6.52. The predicted octanol–water partition coefficient (Wildman–Crippen LogP) is 2.64. The van der Waals surface area contributed by atoms with E-state index in [0.717, 1.165) is 6.42 Å². The number of benzene rings is 1. The van der Waals surface area contributed by atoms with Crippen LogP contribution in [0.3, 0.4) is 0 Å². The second-order valence-corrected chi connectivity index (χ2v) is 2.52. The van der Waals surface area contributed by atoms with Crippen molar-refractivity contribution in [2.75, 3.05) is 0 Å². The first kappa shape index (κ1) is 7.33. The lowest BCUT2D eigenvalue weighted by molar-refractivity contribution is 1.14. The maximum atomic E-state index is 3.10. The van der Waals surface area contributed by atoms with E-state index in [4.69, 9.17) is 0 Å². The second kappa shape index (κ2) is 3.40. The molecule has 52 valence electrons. The van der Waals surface area contributed by atoms with Crippen LogP contribution >= 0.6 is 0 Å². The smallest absolute Gasteiger partial charge is 0.0160 e. The molecule has 0 saturated heterocycles. The fourth-order valence-electron chi connectivity index (χ4n) is 0.910. The van der Waals surface area contributed by atoms with Gasteiger partial charge in [0, 0.05) is 0 Å². The molecular formula is C10H12. The fourth-order valence-corrected chi connectivity index (χ4v) is 0.910. The molecule has 1 aromatic carbocycles. The molecule has 0 N–H and O–H groups in total. The van der Waals surface area contributed by atoms with Crippen LogP contribution in [0.25, 0.3) is 0 Å². The number of hydrogen-bond donors (Lipinski definition) is 0. The van der Waals surface area contributed by atoms with Crippen LogP contribution in [-0.2, 0) is 6.42 Å². The number of aryl methyl sites for hydroxylation is 1. The highest BCUT2D eigenvalue weighted by atomic mass is 13.9. The molecule has 1 rings (SSSR count). The Morgan fingerprint density at radius 3 is 2.30 bits per heavy atom. The molecule has 0 aromatic heterocycles. The molecule has 0 fully saturated rings. The maximum Gasteiger partial charge on any atom is -0.0160 e. The quantitative estimate of drug-likeness (QED) is 0.580. The van der Waals surface area contributed by atoms with Gasteiger partial charge in [-0.05, 0) is 25.3 Å². The van der Waals surface area contributed by atoms with Gasteiger partial charge >= 0.3 is 0 Å². The topological polar surface area (TPSA) is 0 Å². The maximum absolute atomic E-state index is 3.10. The summed E-state index contributed by atoms with van der Waals surface area (Å²) in [6, 6.07) is 8.55. The van der Waals surface area contributed by atoms with Gasteiger partial charge in [0.2, 0.25) is 0 Å². The third-order valence-electron chi connectivity index (χ3n) is 1.50. The van der Waals surface area contributed by atoms with Gasteiger partial charge < -0.3 is 0 Å². The number of hydrogen-bond acceptors (Lipinski definition) is 0. The molecule has 0 heteroatoms. The van der Waals surface area contributed by atoms with Crippen LogP contribution in [0.2, 0.25) is 0 Å². The van der Waals surface area contributed by atoms with E-state index in [0.29, 0.717) is 0 Å². The van der Waals surface area contributed by atoms with Crippen molar-refractivity contribution in [2.45, 2.75) is 20.3 Å². The van der Waals surface area contributed by atoms with E-state index in [9.17, 15) is 0 Å². The van der Waals surface area contributed by atoms with Crippen molar-refractivity contribution in [3.8, 4) is 0 Å². The SMILES string of the molecule is C[C]Cc1ccc(C)cc1. The Bertz CT molecular complexity index is 184. The zero-order chi connectivity index (χ0) is 7.40. The lowest BCUT2D eigenvalue weighted by Crippen LogP contribution is -1.82. The molecule has 0 aliphatic heterocycles. The molecule has 1 aromatic rings. The van der Waals surface area contributed by atoms with Gasteiger partial charge in [0.15, 0.2) is 0 Å². The summed E-state index contributed by atoms with van der Waals surface area (Å²) in [5, 5.41) is 0. The Labute approximate surface area is 62.9 Å². The van der Waals surface area contributed by atoms with Crippen molar-refractivity contribution < 1.29 is 0 Å². The van der Waals surface area contributed by atoms with Crippen LogP contribution in [0.1, 0.15) is 18.1 Å². The van der Waals surface area contributed by atoms with Crippen molar-refractivity contribution >= 4 is 0 Å². The zero-order valence-electron chi connectivity index (χ0n) is 6.52. The van der Waals surface area contributed by atoms with Gasteiger partial charge in [-0.2, -0.15) is 0 Å². The van der Waals surface area contributed by atoms with Crippen LogP contribution in [-0.4, -0.2) is 0 Å². The highest BCUT2D eigenvalue weighted by molar-refractivity contribution is 5.22. The Balaban J connectivity index is 2.69. The Hall–Kier alpha value is -0.780. The lowest BCUT2D eigenvalue weighted by atomic mass is 10.1. The summed E-state index contributed by atoms with van der Waals surface area (Å²) in [5.74, 6) is 0. The molecule has 0 spiro atoms. The summed E-state index contributed by atoms with van der Waals surface area (Å²) in [4.78, 5) is 0. The van der Waals surface area contributed by atoms with Gasteiger partial charge in [-0.25, -0.2) is 0 Å². The van der Waals surface area contributed by atoms with E-state index in [-0.39, 0.29) is 0 Å². The van der Waals surface area contributed by atoms with E-state index in [1.54, 1.807) is 0 Å². The minimum absolute atomic E-state index is 0.959. The summed E-state index contributed by atoms with van der Waals surface area (Å²) < 4.78 is 0. The average molecular weight is 132 g/mol. The van der Waals surface area contributed by atoms with Gasteiger partial charge in [-0.15, -0.1) is 0 Å². The summed E-state index contributed by atoms with van der Waals surface area (Å²) in [6.45, 7) is 4.06. The van der Waals surface area contributed by atoms with Crippen molar-refractivity contribution in [1.82, 2.24) is 0 Å². The van der Waals surface area contributed by atoms with E-state index < -0.39 is 0 Å². The van der Waals surface area contributed by atoms with Crippen molar-refractivity contribution in [2.24, 2.45) is 0 Å². The van der Waals surface area contributed by atoms with E-state index in [1.165, 1.54) is 11.1 Å². The molecule has 0 heterocycles. The molecule has 0 aliphatic carbocycles. The standard InChI is InChI=1S/C10H12/c1-3-4-10-7-5-9(2)6-8-10/h5-8H,4H2,1-2H3. The average Bonchev–Trinajstić information content (AvgIpc) is 1.95. The van der Waals surface area contributed by atoms with Gasteiger partial charge in [-0.1, -0.05) is 36.8 Å². The monoisotopic (exact) mass is 132 g/mol. The molecule has 0 atom stereocenters. The van der Waals surface area contributed by atoms with Gasteiger partial charge in [-0.3, -0.25) is 0 Å². The van der Waals surface area contributed by atoms with Gasteiger partial charge in [0.25, 0.3) is 0 Å². The van der Waals surface area contributed by atoms with E-state index in [2.05, 4.69) is 37.6 Å². The van der Waals surface area contributed by atoms with Crippen LogP contribution < -0.4 is 0 Å². The molecule has 0 bridgehead atoms. The molecule has 0 amide bonds. The van der Waals surface area contributed by atoms with E-state index in [1.807, 2.05) is 6.92 Å². The Morgan fingerprint density at radius 1 is 1.20 bits per heavy atom. The second-order valence-electron chi connectivity index (χ2n) is 2.52. The number of rotatable bonds is 2. The van der Waals surface area contributed by atoms with Crippen LogP contribution in [0.4, 0.5) is 0 Å². The third kappa shape index (κ3) is 1.87. The lowest BCUT2D eigenvalue weighted by Gasteiger charge is -1.96. The minimum Gasteiger partial charge on any atom is -0.0591 e. The van der Waals surface area contributed by atoms with E-state index >= 15 is 0 Å². The minimum atomic E-state index is 0.959. The third-order valence-corrected chi connectivity index (χ3v) is 1.50. The molecule has 0 nitrogen and oxygen atoms in total. The molecule has 0 aliphatic rings. The summed E-state index contributed by atoms with van der Waals surface area (Å²) in [5.41, 5.74) is 2.66. The molecule has 0 saturated carbocycles. The predicted molar refractivity (Wildman–Crippen MR) is 43.8 cm³/mol. The first-order valence-corrected chi connectivity index (χ1v) is 3.53. The molecule has 0 unspecified atom stereocenters. The first-order chi connectivity index (χ1) is 4.83. The van der Waals surface area contributed by atoms with Gasteiger partial charge in [0.05, 0.1) is 0 Å². The molecular weight excluding hydrogens is 120 g/mol.